The van der Waals surface area contributed by atoms with E-state index in [1.807, 2.05) is 20.8 Å². The zero-order chi connectivity index (χ0) is 13.4. The van der Waals surface area contributed by atoms with Crippen LogP contribution in [-0.4, -0.2) is 61.4 Å². The maximum absolute atomic E-state index is 11.8. The molecule has 5 heteroatoms. The van der Waals surface area contributed by atoms with Crippen molar-refractivity contribution in [1.82, 2.24) is 15.1 Å². The average molecular weight is 243 g/mol. The molecule has 5 nitrogen and oxygen atoms in total. The number of hydrogen-bond acceptors (Lipinski definition) is 3. The van der Waals surface area contributed by atoms with E-state index in [0.717, 1.165) is 0 Å². The highest BCUT2D eigenvalue weighted by atomic mass is 16.2. The Morgan fingerprint density at radius 2 is 1.76 bits per heavy atom. The van der Waals surface area contributed by atoms with Gasteiger partial charge in [-0.1, -0.05) is 13.8 Å². The minimum absolute atomic E-state index is 0.0239. The first-order chi connectivity index (χ1) is 7.88. The summed E-state index contributed by atoms with van der Waals surface area (Å²) >= 11 is 0. The van der Waals surface area contributed by atoms with Crippen LogP contribution in [0.5, 0.6) is 0 Å². The zero-order valence-electron chi connectivity index (χ0n) is 11.6. The minimum atomic E-state index is -0.0444. The fourth-order valence-corrected chi connectivity index (χ4v) is 1.31. The van der Waals surface area contributed by atoms with Crippen molar-refractivity contribution < 1.29 is 9.59 Å². The summed E-state index contributed by atoms with van der Waals surface area (Å²) in [6.07, 6.45) is 0.437. The third-order valence-corrected chi connectivity index (χ3v) is 2.45. The van der Waals surface area contributed by atoms with Crippen LogP contribution in [0.1, 0.15) is 27.2 Å². The molecule has 2 amide bonds. The molecule has 0 unspecified atom stereocenters. The van der Waals surface area contributed by atoms with E-state index in [9.17, 15) is 9.59 Å². The Labute approximate surface area is 104 Å². The molecule has 0 aliphatic heterocycles. The van der Waals surface area contributed by atoms with Crippen molar-refractivity contribution >= 4 is 11.8 Å². The first-order valence-electron chi connectivity index (χ1n) is 6.09. The Kier molecular flexibility index (Phi) is 7.54. The number of carbonyl (C=O) groups excluding carboxylic acids is 2. The molecule has 0 aromatic rings. The van der Waals surface area contributed by atoms with Crippen molar-refractivity contribution in [2.45, 2.75) is 33.2 Å². The zero-order valence-corrected chi connectivity index (χ0v) is 11.6. The quantitative estimate of drug-likeness (QED) is 0.700. The van der Waals surface area contributed by atoms with Crippen molar-refractivity contribution in [3.63, 3.8) is 0 Å². The van der Waals surface area contributed by atoms with Crippen LogP contribution < -0.4 is 5.32 Å². The second-order valence-corrected chi connectivity index (χ2v) is 4.55. The Bertz CT molecular complexity index is 252. The van der Waals surface area contributed by atoms with E-state index in [1.54, 1.807) is 19.0 Å². The highest BCUT2D eigenvalue weighted by molar-refractivity contribution is 5.84. The van der Waals surface area contributed by atoms with Crippen molar-refractivity contribution in [3.05, 3.63) is 0 Å². The summed E-state index contributed by atoms with van der Waals surface area (Å²) in [4.78, 5) is 26.4. The Morgan fingerprint density at radius 3 is 2.18 bits per heavy atom. The van der Waals surface area contributed by atoms with Gasteiger partial charge in [0.2, 0.25) is 11.8 Å². The lowest BCUT2D eigenvalue weighted by atomic mass is 10.3. The molecule has 0 aliphatic carbocycles. The summed E-state index contributed by atoms with van der Waals surface area (Å²) in [5, 5.41) is 3.19. The van der Waals surface area contributed by atoms with Gasteiger partial charge in [-0.3, -0.25) is 9.59 Å². The summed E-state index contributed by atoms with van der Waals surface area (Å²) in [7, 11) is 3.39. The predicted molar refractivity (Wildman–Crippen MR) is 68.7 cm³/mol. The van der Waals surface area contributed by atoms with Crippen LogP contribution in [0.4, 0.5) is 0 Å². The molecule has 0 aliphatic rings. The molecule has 0 radical (unpaired) electrons. The molecule has 0 saturated heterocycles. The normalized spacial score (nSPS) is 10.5. The van der Waals surface area contributed by atoms with Gasteiger partial charge in [0.05, 0.1) is 6.54 Å². The van der Waals surface area contributed by atoms with Crippen molar-refractivity contribution in [2.75, 3.05) is 33.7 Å². The van der Waals surface area contributed by atoms with E-state index >= 15 is 0 Å². The van der Waals surface area contributed by atoms with Gasteiger partial charge in [0.1, 0.15) is 0 Å². The molecular formula is C12H25N3O2. The molecule has 0 aromatic carbocycles. The molecule has 0 rings (SSSR count). The molecule has 0 heterocycles. The summed E-state index contributed by atoms with van der Waals surface area (Å²) < 4.78 is 0. The number of rotatable bonds is 7. The lowest BCUT2D eigenvalue weighted by Crippen LogP contribution is -2.41. The third kappa shape index (κ3) is 6.94. The van der Waals surface area contributed by atoms with E-state index in [4.69, 9.17) is 0 Å². The second kappa shape index (κ2) is 8.06. The van der Waals surface area contributed by atoms with Crippen LogP contribution in [0.3, 0.4) is 0 Å². The van der Waals surface area contributed by atoms with Crippen molar-refractivity contribution in [1.29, 1.82) is 0 Å². The molecule has 0 fully saturated rings. The van der Waals surface area contributed by atoms with Gasteiger partial charge in [-0.15, -0.1) is 0 Å². The van der Waals surface area contributed by atoms with Crippen LogP contribution in [0, 0.1) is 0 Å². The third-order valence-electron chi connectivity index (χ3n) is 2.45. The standard InChI is InChI=1S/C12H25N3O2/c1-6-15(9-12(17)14(4)5)11(16)7-8-13-10(2)3/h10,13H,6-9H2,1-5H3. The molecule has 0 spiro atoms. The topological polar surface area (TPSA) is 52.7 Å². The fourth-order valence-electron chi connectivity index (χ4n) is 1.31. The van der Waals surface area contributed by atoms with E-state index in [0.29, 0.717) is 25.6 Å². The number of amides is 2. The minimum Gasteiger partial charge on any atom is -0.347 e. The molecule has 0 saturated carbocycles. The van der Waals surface area contributed by atoms with Gasteiger partial charge in [-0.05, 0) is 6.92 Å². The highest BCUT2D eigenvalue weighted by Gasteiger charge is 2.15. The lowest BCUT2D eigenvalue weighted by Gasteiger charge is -2.22. The van der Waals surface area contributed by atoms with Gasteiger partial charge in [0.25, 0.3) is 0 Å². The van der Waals surface area contributed by atoms with Gasteiger partial charge in [0, 0.05) is 39.6 Å². The van der Waals surface area contributed by atoms with Crippen LogP contribution in [0.25, 0.3) is 0 Å². The number of nitrogens with one attached hydrogen (secondary N) is 1. The Hall–Kier alpha value is -1.10. The van der Waals surface area contributed by atoms with Gasteiger partial charge >= 0.3 is 0 Å². The van der Waals surface area contributed by atoms with Gasteiger partial charge in [-0.25, -0.2) is 0 Å². The largest absolute Gasteiger partial charge is 0.347 e. The van der Waals surface area contributed by atoms with E-state index < -0.39 is 0 Å². The monoisotopic (exact) mass is 243 g/mol. The molecule has 1 N–H and O–H groups in total. The molecule has 100 valence electrons. The molecule has 0 aromatic heterocycles. The Morgan fingerprint density at radius 1 is 1.18 bits per heavy atom. The average Bonchev–Trinajstić information content (AvgIpc) is 2.24. The van der Waals surface area contributed by atoms with Crippen LogP contribution in [0.2, 0.25) is 0 Å². The molecule has 0 atom stereocenters. The number of nitrogens with zero attached hydrogens (tertiary/aromatic N) is 2. The summed E-state index contributed by atoms with van der Waals surface area (Å²) in [5.74, 6) is -0.0205. The van der Waals surface area contributed by atoms with E-state index in [2.05, 4.69) is 5.32 Å². The van der Waals surface area contributed by atoms with Crippen LogP contribution in [0.15, 0.2) is 0 Å². The number of carbonyl (C=O) groups is 2. The maximum Gasteiger partial charge on any atom is 0.241 e. The SMILES string of the molecule is CCN(CC(=O)N(C)C)C(=O)CCNC(C)C. The lowest BCUT2D eigenvalue weighted by molar-refractivity contribution is -0.139. The van der Waals surface area contributed by atoms with Crippen LogP contribution in [-0.2, 0) is 9.59 Å². The number of hydrogen-bond donors (Lipinski definition) is 1. The van der Waals surface area contributed by atoms with Gasteiger partial charge in [0.15, 0.2) is 0 Å². The first kappa shape index (κ1) is 15.9. The van der Waals surface area contributed by atoms with Gasteiger partial charge < -0.3 is 15.1 Å². The second-order valence-electron chi connectivity index (χ2n) is 4.55. The summed E-state index contributed by atoms with van der Waals surface area (Å²) in [5.41, 5.74) is 0. The predicted octanol–water partition coefficient (Wildman–Crippen LogP) is 0.311. The maximum atomic E-state index is 11.8. The van der Waals surface area contributed by atoms with Crippen molar-refractivity contribution in [2.24, 2.45) is 0 Å². The Balaban J connectivity index is 4.08. The van der Waals surface area contributed by atoms with E-state index in [-0.39, 0.29) is 18.4 Å². The van der Waals surface area contributed by atoms with Gasteiger partial charge in [-0.2, -0.15) is 0 Å². The van der Waals surface area contributed by atoms with Crippen molar-refractivity contribution in [3.8, 4) is 0 Å². The van der Waals surface area contributed by atoms with Crippen LogP contribution >= 0.6 is 0 Å². The number of likely N-dealkylation sites (N-methyl/N-ethyl adjacent to an activating group) is 2. The highest BCUT2D eigenvalue weighted by Crippen LogP contribution is 1.96. The first-order valence-corrected chi connectivity index (χ1v) is 6.09. The fraction of sp³-hybridized carbons (Fsp3) is 0.833. The summed E-state index contributed by atoms with van der Waals surface area (Å²) in [6.45, 7) is 7.36. The van der Waals surface area contributed by atoms with E-state index in [1.165, 1.54) is 4.90 Å². The molecular weight excluding hydrogens is 218 g/mol. The smallest absolute Gasteiger partial charge is 0.241 e. The molecule has 0 bridgehead atoms. The molecule has 17 heavy (non-hydrogen) atoms. The summed E-state index contributed by atoms with van der Waals surface area (Å²) in [6, 6.07) is 0.376.